The topological polar surface area (TPSA) is 38.1 Å². The van der Waals surface area contributed by atoms with Crippen molar-refractivity contribution in [2.24, 2.45) is 0 Å². The van der Waals surface area contributed by atoms with Crippen LogP contribution in [0.5, 0.6) is 0 Å². The normalized spacial score (nSPS) is 26.1. The summed E-state index contributed by atoms with van der Waals surface area (Å²) in [6, 6.07) is 0.0127. The van der Waals surface area contributed by atoms with Gasteiger partial charge < -0.3 is 9.84 Å². The first-order chi connectivity index (χ1) is 7.18. The second-order valence-corrected chi connectivity index (χ2v) is 4.24. The van der Waals surface area contributed by atoms with E-state index in [0.717, 1.165) is 29.9 Å². The molecule has 0 aliphatic heterocycles. The second-order valence-electron chi connectivity index (χ2n) is 4.24. The molecule has 0 saturated heterocycles. The first-order valence-electron chi connectivity index (χ1n) is 5.47. The highest BCUT2D eigenvalue weighted by Gasteiger charge is 2.26. The fourth-order valence-electron chi connectivity index (χ4n) is 2.13. The molecule has 1 aliphatic rings. The van der Waals surface area contributed by atoms with E-state index in [0.29, 0.717) is 13.0 Å². The fraction of sp³-hybridized carbons (Fsp3) is 0.727. The Morgan fingerprint density at radius 3 is 2.80 bits per heavy atom. The largest absolute Gasteiger partial charge is 0.361 e. The molecule has 0 radical (unpaired) electrons. The van der Waals surface area contributed by atoms with Crippen LogP contribution >= 0.6 is 0 Å². The zero-order valence-electron chi connectivity index (χ0n) is 9.22. The summed E-state index contributed by atoms with van der Waals surface area (Å²) in [4.78, 5) is 0. The summed E-state index contributed by atoms with van der Waals surface area (Å²) < 4.78 is 18.4. The fourth-order valence-corrected chi connectivity index (χ4v) is 2.13. The molecule has 1 fully saturated rings. The molecule has 0 spiro atoms. The lowest BCUT2D eigenvalue weighted by molar-refractivity contribution is 0.279. The Hall–Kier alpha value is -0.900. The van der Waals surface area contributed by atoms with Crippen LogP contribution in [0, 0.1) is 13.8 Å². The molecule has 84 valence electrons. The van der Waals surface area contributed by atoms with E-state index < -0.39 is 6.17 Å². The quantitative estimate of drug-likeness (QED) is 0.835. The zero-order valence-corrected chi connectivity index (χ0v) is 9.22. The van der Waals surface area contributed by atoms with E-state index >= 15 is 0 Å². The van der Waals surface area contributed by atoms with Crippen molar-refractivity contribution in [2.45, 2.75) is 51.9 Å². The maximum atomic E-state index is 13.3. The Labute approximate surface area is 89.0 Å². The van der Waals surface area contributed by atoms with E-state index in [4.69, 9.17) is 4.52 Å². The van der Waals surface area contributed by atoms with Crippen molar-refractivity contribution in [3.05, 3.63) is 17.0 Å². The summed E-state index contributed by atoms with van der Waals surface area (Å²) in [6.45, 7) is 4.46. The van der Waals surface area contributed by atoms with Gasteiger partial charge in [-0.15, -0.1) is 0 Å². The molecule has 0 bridgehead atoms. The van der Waals surface area contributed by atoms with Crippen LogP contribution in [0.25, 0.3) is 0 Å². The summed E-state index contributed by atoms with van der Waals surface area (Å²) >= 11 is 0. The maximum absolute atomic E-state index is 13.3. The van der Waals surface area contributed by atoms with Gasteiger partial charge in [-0.05, 0) is 33.1 Å². The minimum atomic E-state index is -0.689. The average molecular weight is 212 g/mol. The first kappa shape index (κ1) is 10.6. The molecule has 1 heterocycles. The van der Waals surface area contributed by atoms with Gasteiger partial charge in [0.1, 0.15) is 11.9 Å². The number of hydrogen-bond acceptors (Lipinski definition) is 3. The van der Waals surface area contributed by atoms with Gasteiger partial charge in [0.05, 0.1) is 5.69 Å². The van der Waals surface area contributed by atoms with E-state index in [9.17, 15) is 4.39 Å². The number of hydrogen-bond donors (Lipinski definition) is 1. The van der Waals surface area contributed by atoms with Gasteiger partial charge >= 0.3 is 0 Å². The van der Waals surface area contributed by atoms with Crippen molar-refractivity contribution < 1.29 is 8.91 Å². The highest BCUT2D eigenvalue weighted by molar-refractivity contribution is 5.20. The molecule has 15 heavy (non-hydrogen) atoms. The maximum Gasteiger partial charge on any atom is 0.138 e. The summed E-state index contributed by atoms with van der Waals surface area (Å²) in [5, 5.41) is 7.11. The lowest BCUT2D eigenvalue weighted by atomic mass is 10.1. The van der Waals surface area contributed by atoms with Crippen LogP contribution < -0.4 is 5.32 Å². The SMILES string of the molecule is Cc1noc(C)c1CN[C@@H]1CCC[C@H]1F. The standard InChI is InChI=1S/C11H17FN2O/c1-7-9(8(2)15-14-7)6-13-11-5-3-4-10(11)12/h10-11,13H,3-6H2,1-2H3/t10-,11-/m1/s1. The lowest BCUT2D eigenvalue weighted by Crippen LogP contribution is -2.33. The zero-order chi connectivity index (χ0) is 10.8. The molecule has 1 saturated carbocycles. The van der Waals surface area contributed by atoms with Crippen LogP contribution in [0.2, 0.25) is 0 Å². The smallest absolute Gasteiger partial charge is 0.138 e. The number of nitrogens with zero attached hydrogens (tertiary/aromatic N) is 1. The number of halogens is 1. The van der Waals surface area contributed by atoms with Gasteiger partial charge in [-0.1, -0.05) is 5.16 Å². The molecule has 1 aromatic rings. The van der Waals surface area contributed by atoms with Crippen molar-refractivity contribution in [3.8, 4) is 0 Å². The van der Waals surface area contributed by atoms with Crippen LogP contribution in [-0.4, -0.2) is 17.4 Å². The van der Waals surface area contributed by atoms with Crippen LogP contribution in [0.15, 0.2) is 4.52 Å². The van der Waals surface area contributed by atoms with Crippen LogP contribution in [0.3, 0.4) is 0 Å². The van der Waals surface area contributed by atoms with Gasteiger partial charge in [-0.25, -0.2) is 4.39 Å². The van der Waals surface area contributed by atoms with Gasteiger partial charge in [0.15, 0.2) is 0 Å². The molecule has 1 aromatic heterocycles. The molecule has 2 atom stereocenters. The molecular formula is C11H17FN2O. The van der Waals surface area contributed by atoms with Crippen LogP contribution in [-0.2, 0) is 6.54 Å². The molecule has 3 nitrogen and oxygen atoms in total. The Morgan fingerprint density at radius 1 is 1.47 bits per heavy atom. The Kier molecular flexibility index (Phi) is 3.05. The van der Waals surface area contributed by atoms with Gasteiger partial charge in [-0.3, -0.25) is 0 Å². The Balaban J connectivity index is 1.93. The number of aromatic nitrogens is 1. The number of rotatable bonds is 3. The number of aryl methyl sites for hydroxylation is 2. The third-order valence-electron chi connectivity index (χ3n) is 3.15. The highest BCUT2D eigenvalue weighted by Crippen LogP contribution is 2.22. The third kappa shape index (κ3) is 2.20. The molecule has 0 unspecified atom stereocenters. The van der Waals surface area contributed by atoms with Gasteiger partial charge in [0.2, 0.25) is 0 Å². The molecule has 0 aromatic carbocycles. The number of nitrogens with one attached hydrogen (secondary N) is 1. The molecule has 0 amide bonds. The predicted molar refractivity (Wildman–Crippen MR) is 55.4 cm³/mol. The second kappa shape index (κ2) is 4.31. The summed E-state index contributed by atoms with van der Waals surface area (Å²) in [5.41, 5.74) is 1.96. The summed E-state index contributed by atoms with van der Waals surface area (Å²) in [7, 11) is 0. The summed E-state index contributed by atoms with van der Waals surface area (Å²) in [5.74, 6) is 0.827. The van der Waals surface area contributed by atoms with E-state index in [-0.39, 0.29) is 6.04 Å². The van der Waals surface area contributed by atoms with Crippen LogP contribution in [0.4, 0.5) is 4.39 Å². The van der Waals surface area contributed by atoms with E-state index in [1.54, 1.807) is 0 Å². The minimum Gasteiger partial charge on any atom is -0.361 e. The molecular weight excluding hydrogens is 195 g/mol. The predicted octanol–water partition coefficient (Wildman–Crippen LogP) is 2.27. The van der Waals surface area contributed by atoms with E-state index in [2.05, 4.69) is 10.5 Å². The van der Waals surface area contributed by atoms with Crippen molar-refractivity contribution in [1.29, 1.82) is 0 Å². The van der Waals surface area contributed by atoms with Crippen molar-refractivity contribution in [1.82, 2.24) is 10.5 Å². The van der Waals surface area contributed by atoms with Gasteiger partial charge in [0.25, 0.3) is 0 Å². The molecule has 1 aliphatic carbocycles. The molecule has 1 N–H and O–H groups in total. The minimum absolute atomic E-state index is 0.0127. The Morgan fingerprint density at radius 2 is 2.27 bits per heavy atom. The monoisotopic (exact) mass is 212 g/mol. The molecule has 2 rings (SSSR count). The van der Waals surface area contributed by atoms with Gasteiger partial charge in [-0.2, -0.15) is 0 Å². The molecule has 4 heteroatoms. The lowest BCUT2D eigenvalue weighted by Gasteiger charge is -2.14. The van der Waals surface area contributed by atoms with Crippen LogP contribution in [0.1, 0.15) is 36.3 Å². The third-order valence-corrected chi connectivity index (χ3v) is 3.15. The van der Waals surface area contributed by atoms with E-state index in [1.165, 1.54) is 0 Å². The number of alkyl halides is 1. The van der Waals surface area contributed by atoms with Crippen molar-refractivity contribution in [3.63, 3.8) is 0 Å². The average Bonchev–Trinajstić information content (AvgIpc) is 2.73. The highest BCUT2D eigenvalue weighted by atomic mass is 19.1. The van der Waals surface area contributed by atoms with E-state index in [1.807, 2.05) is 13.8 Å². The van der Waals surface area contributed by atoms with Gasteiger partial charge in [0, 0.05) is 18.2 Å². The summed E-state index contributed by atoms with van der Waals surface area (Å²) in [6.07, 6.45) is 1.93. The van der Waals surface area contributed by atoms with Crippen molar-refractivity contribution >= 4 is 0 Å². The first-order valence-corrected chi connectivity index (χ1v) is 5.47. The van der Waals surface area contributed by atoms with Crippen molar-refractivity contribution in [2.75, 3.05) is 0 Å². The Bertz CT molecular complexity index is 318.